The third kappa shape index (κ3) is 2.75. The van der Waals surface area contributed by atoms with Crippen molar-refractivity contribution in [3.8, 4) is 0 Å². The summed E-state index contributed by atoms with van der Waals surface area (Å²) in [5, 5.41) is 10.7. The van der Waals surface area contributed by atoms with Crippen LogP contribution in [0.3, 0.4) is 0 Å². The van der Waals surface area contributed by atoms with Crippen molar-refractivity contribution in [1.29, 1.82) is 0 Å². The van der Waals surface area contributed by atoms with Gasteiger partial charge in [-0.05, 0) is 67.9 Å². The van der Waals surface area contributed by atoms with Crippen molar-refractivity contribution in [3.05, 3.63) is 39.5 Å². The summed E-state index contributed by atoms with van der Waals surface area (Å²) < 4.78 is 0. The molecule has 110 valence electrons. The molecule has 0 bridgehead atoms. The Bertz CT molecular complexity index is 725. The Morgan fingerprint density at radius 3 is 2.86 bits per heavy atom. The van der Waals surface area contributed by atoms with E-state index in [-0.39, 0.29) is 6.42 Å². The molecule has 0 radical (unpaired) electrons. The van der Waals surface area contributed by atoms with Crippen molar-refractivity contribution in [2.45, 2.75) is 45.4 Å². The number of carboxylic acids is 1. The molecule has 0 amide bonds. The number of benzene rings is 1. The second-order valence-electron chi connectivity index (χ2n) is 5.74. The smallest absolute Gasteiger partial charge is 0.303 e. The van der Waals surface area contributed by atoms with Gasteiger partial charge in [0.15, 0.2) is 0 Å². The van der Waals surface area contributed by atoms with Gasteiger partial charge in [-0.15, -0.1) is 0 Å². The first-order chi connectivity index (χ1) is 10.1. The highest BCUT2D eigenvalue weighted by atomic mass is 35.5. The van der Waals surface area contributed by atoms with E-state index >= 15 is 0 Å². The van der Waals surface area contributed by atoms with Gasteiger partial charge in [0.2, 0.25) is 0 Å². The number of aromatic nitrogens is 1. The molecule has 0 saturated carbocycles. The zero-order chi connectivity index (χ0) is 15.0. The zero-order valence-corrected chi connectivity index (χ0v) is 12.8. The van der Waals surface area contributed by atoms with Crippen molar-refractivity contribution < 1.29 is 9.90 Å². The first-order valence-electron chi connectivity index (χ1n) is 7.38. The molecule has 0 fully saturated rings. The monoisotopic (exact) mass is 303 g/mol. The van der Waals surface area contributed by atoms with Crippen molar-refractivity contribution >= 4 is 28.5 Å². The number of carbonyl (C=O) groups is 1. The van der Waals surface area contributed by atoms with Crippen LogP contribution < -0.4 is 0 Å². The van der Waals surface area contributed by atoms with Crippen molar-refractivity contribution in [1.82, 2.24) is 4.98 Å². The SMILES string of the molecule is Cc1cc(Cl)cc2c(CCC(=O)O)c3c(nc12)CCCC3. The van der Waals surface area contributed by atoms with Crippen molar-refractivity contribution in [2.75, 3.05) is 0 Å². The maximum absolute atomic E-state index is 11.0. The number of halogens is 1. The van der Waals surface area contributed by atoms with Crippen molar-refractivity contribution in [2.24, 2.45) is 0 Å². The zero-order valence-electron chi connectivity index (χ0n) is 12.1. The molecular formula is C17H18ClNO2. The standard InChI is InChI=1S/C17H18ClNO2/c1-10-8-11(18)9-14-12(6-7-16(20)21)13-4-2-3-5-15(13)19-17(10)14/h8-9H,2-7H2,1H3,(H,20,21). The average Bonchev–Trinajstić information content (AvgIpc) is 2.44. The molecule has 2 aromatic rings. The third-order valence-corrected chi connectivity index (χ3v) is 4.45. The van der Waals surface area contributed by atoms with Crippen LogP contribution in [0.1, 0.15) is 41.6 Å². The minimum Gasteiger partial charge on any atom is -0.481 e. The van der Waals surface area contributed by atoms with Crippen LogP contribution in [0.5, 0.6) is 0 Å². The van der Waals surface area contributed by atoms with E-state index in [2.05, 4.69) is 0 Å². The van der Waals surface area contributed by atoms with E-state index in [4.69, 9.17) is 21.7 Å². The van der Waals surface area contributed by atoms with Gasteiger partial charge < -0.3 is 5.11 Å². The molecule has 1 N–H and O–H groups in total. The second-order valence-corrected chi connectivity index (χ2v) is 6.17. The van der Waals surface area contributed by atoms with Crippen LogP contribution in [0.15, 0.2) is 12.1 Å². The van der Waals surface area contributed by atoms with Crippen LogP contribution in [0.25, 0.3) is 10.9 Å². The highest BCUT2D eigenvalue weighted by Crippen LogP contribution is 2.33. The van der Waals surface area contributed by atoms with Gasteiger partial charge in [-0.3, -0.25) is 9.78 Å². The van der Waals surface area contributed by atoms with Gasteiger partial charge in [-0.2, -0.15) is 0 Å². The number of aryl methyl sites for hydroxylation is 3. The minimum absolute atomic E-state index is 0.150. The maximum Gasteiger partial charge on any atom is 0.303 e. The number of hydrogen-bond donors (Lipinski definition) is 1. The molecule has 0 spiro atoms. The first-order valence-corrected chi connectivity index (χ1v) is 7.76. The summed E-state index contributed by atoms with van der Waals surface area (Å²) in [5.74, 6) is -0.761. The van der Waals surface area contributed by atoms with Gasteiger partial charge >= 0.3 is 5.97 Å². The predicted octanol–water partition coefficient (Wildman–Crippen LogP) is 4.09. The van der Waals surface area contributed by atoms with E-state index in [0.717, 1.165) is 53.4 Å². The summed E-state index contributed by atoms with van der Waals surface area (Å²) in [5.41, 5.74) is 5.59. The summed E-state index contributed by atoms with van der Waals surface area (Å²) >= 11 is 6.20. The van der Waals surface area contributed by atoms with Gasteiger partial charge in [0.1, 0.15) is 0 Å². The van der Waals surface area contributed by atoms with Gasteiger partial charge in [-0.1, -0.05) is 11.6 Å². The number of carboxylic acid groups (broad SMARTS) is 1. The van der Waals surface area contributed by atoms with Crippen LogP contribution in [0.4, 0.5) is 0 Å². The molecule has 0 aliphatic heterocycles. The van der Waals surface area contributed by atoms with Crippen LogP contribution in [-0.4, -0.2) is 16.1 Å². The topological polar surface area (TPSA) is 50.2 Å². The average molecular weight is 304 g/mol. The normalized spacial score (nSPS) is 14.2. The van der Waals surface area contributed by atoms with Crippen molar-refractivity contribution in [3.63, 3.8) is 0 Å². The number of aliphatic carboxylic acids is 1. The summed E-state index contributed by atoms with van der Waals surface area (Å²) in [7, 11) is 0. The third-order valence-electron chi connectivity index (χ3n) is 4.23. The minimum atomic E-state index is -0.761. The highest BCUT2D eigenvalue weighted by Gasteiger charge is 2.19. The molecule has 0 saturated heterocycles. The highest BCUT2D eigenvalue weighted by molar-refractivity contribution is 6.31. The lowest BCUT2D eigenvalue weighted by atomic mass is 9.87. The molecule has 0 unspecified atom stereocenters. The molecule has 1 heterocycles. The number of nitrogens with zero attached hydrogens (tertiary/aromatic N) is 1. The Kier molecular flexibility index (Phi) is 3.85. The van der Waals surface area contributed by atoms with Crippen LogP contribution in [-0.2, 0) is 24.1 Å². The number of hydrogen-bond acceptors (Lipinski definition) is 2. The molecule has 21 heavy (non-hydrogen) atoms. The van der Waals surface area contributed by atoms with Gasteiger partial charge in [-0.25, -0.2) is 0 Å². The molecule has 4 heteroatoms. The van der Waals surface area contributed by atoms with Gasteiger partial charge in [0.25, 0.3) is 0 Å². The summed E-state index contributed by atoms with van der Waals surface area (Å²) in [4.78, 5) is 15.8. The fourth-order valence-electron chi connectivity index (χ4n) is 3.27. The summed E-state index contributed by atoms with van der Waals surface area (Å²) in [6.45, 7) is 2.01. The van der Waals surface area contributed by atoms with E-state index in [0.29, 0.717) is 11.4 Å². The largest absolute Gasteiger partial charge is 0.481 e. The lowest BCUT2D eigenvalue weighted by Gasteiger charge is -2.21. The molecule has 0 atom stereocenters. The maximum atomic E-state index is 11.0. The molecule has 1 aromatic carbocycles. The molecule has 1 aliphatic rings. The Labute approximate surface area is 129 Å². The predicted molar refractivity (Wildman–Crippen MR) is 84.1 cm³/mol. The van der Waals surface area contributed by atoms with Crippen LogP contribution in [0.2, 0.25) is 5.02 Å². The van der Waals surface area contributed by atoms with Crippen LogP contribution >= 0.6 is 11.6 Å². The molecular weight excluding hydrogens is 286 g/mol. The van der Waals surface area contributed by atoms with E-state index in [9.17, 15) is 4.79 Å². The number of rotatable bonds is 3. The first kappa shape index (κ1) is 14.3. The summed E-state index contributed by atoms with van der Waals surface area (Å²) in [6, 6.07) is 3.86. The Hall–Kier alpha value is -1.61. The Balaban J connectivity index is 2.25. The quantitative estimate of drug-likeness (QED) is 0.929. The van der Waals surface area contributed by atoms with E-state index in [1.165, 1.54) is 5.56 Å². The number of pyridine rings is 1. The molecule has 3 nitrogen and oxygen atoms in total. The fourth-order valence-corrected chi connectivity index (χ4v) is 3.54. The van der Waals surface area contributed by atoms with Crippen LogP contribution in [0, 0.1) is 6.92 Å². The molecule has 3 rings (SSSR count). The Morgan fingerprint density at radius 2 is 2.10 bits per heavy atom. The molecule has 1 aliphatic carbocycles. The van der Waals surface area contributed by atoms with Gasteiger partial charge in [0.05, 0.1) is 5.52 Å². The van der Waals surface area contributed by atoms with Gasteiger partial charge in [0, 0.05) is 22.5 Å². The molecule has 1 aromatic heterocycles. The lowest BCUT2D eigenvalue weighted by molar-refractivity contribution is -0.136. The lowest BCUT2D eigenvalue weighted by Crippen LogP contribution is -2.11. The van der Waals surface area contributed by atoms with E-state index < -0.39 is 5.97 Å². The second kappa shape index (κ2) is 5.64. The van der Waals surface area contributed by atoms with E-state index in [1.54, 1.807) is 0 Å². The summed E-state index contributed by atoms with van der Waals surface area (Å²) in [6.07, 6.45) is 5.01. The van der Waals surface area contributed by atoms with E-state index in [1.807, 2.05) is 19.1 Å². The fraction of sp³-hybridized carbons (Fsp3) is 0.412. The Morgan fingerprint density at radius 1 is 1.33 bits per heavy atom. The number of fused-ring (bicyclic) bond motifs is 2.